The first-order valence-corrected chi connectivity index (χ1v) is 5.30. The first kappa shape index (κ1) is 10.7. The van der Waals surface area contributed by atoms with Crippen molar-refractivity contribution in [2.45, 2.75) is 6.42 Å². The molecule has 1 aromatic carbocycles. The highest BCUT2D eigenvalue weighted by atomic mass is 79.9. The third-order valence-electron chi connectivity index (χ3n) is 1.97. The molecule has 0 fully saturated rings. The number of hydrogen-bond acceptors (Lipinski definition) is 2. The van der Waals surface area contributed by atoms with Crippen molar-refractivity contribution in [3.63, 3.8) is 0 Å². The van der Waals surface area contributed by atoms with E-state index in [4.69, 9.17) is 5.11 Å². The van der Waals surface area contributed by atoms with Gasteiger partial charge < -0.3 is 5.11 Å². The Bertz CT molecular complexity index is 607. The van der Waals surface area contributed by atoms with Crippen LogP contribution in [0.25, 0.3) is 10.9 Å². The summed E-state index contributed by atoms with van der Waals surface area (Å²) in [4.78, 5) is 10.3. The number of rotatable bonds is 1. The summed E-state index contributed by atoms with van der Waals surface area (Å²) in [5, 5.41) is 16.2. The zero-order chi connectivity index (χ0) is 11.5. The predicted molar refractivity (Wildman–Crippen MR) is 62.9 cm³/mol. The van der Waals surface area contributed by atoms with E-state index in [9.17, 15) is 4.79 Å². The Balaban J connectivity index is 2.38. The number of fused-ring (bicyclic) bond motifs is 1. The van der Waals surface area contributed by atoms with E-state index < -0.39 is 5.97 Å². The molecule has 0 aliphatic carbocycles. The SMILES string of the molecule is O=C(O)CC#Cc1[nH]nc2cc(Br)ccc12. The number of carboxylic acids is 1. The number of nitrogens with zero attached hydrogens (tertiary/aromatic N) is 1. The average molecular weight is 279 g/mol. The van der Waals surface area contributed by atoms with Gasteiger partial charge in [0.2, 0.25) is 0 Å². The Kier molecular flexibility index (Phi) is 2.93. The van der Waals surface area contributed by atoms with Crippen molar-refractivity contribution >= 4 is 32.8 Å². The molecule has 0 bridgehead atoms. The van der Waals surface area contributed by atoms with Gasteiger partial charge in [0, 0.05) is 9.86 Å². The van der Waals surface area contributed by atoms with Crippen LogP contribution >= 0.6 is 15.9 Å². The highest BCUT2D eigenvalue weighted by molar-refractivity contribution is 9.10. The van der Waals surface area contributed by atoms with E-state index in [1.807, 2.05) is 18.2 Å². The van der Waals surface area contributed by atoms with Crippen molar-refractivity contribution in [2.24, 2.45) is 0 Å². The molecular formula is C11H7BrN2O2. The summed E-state index contributed by atoms with van der Waals surface area (Å²) < 4.78 is 0.941. The monoisotopic (exact) mass is 278 g/mol. The molecule has 1 aromatic heterocycles. The van der Waals surface area contributed by atoms with Gasteiger partial charge in [-0.05, 0) is 24.1 Å². The Morgan fingerprint density at radius 2 is 2.38 bits per heavy atom. The molecule has 2 rings (SSSR count). The Morgan fingerprint density at radius 3 is 3.12 bits per heavy atom. The van der Waals surface area contributed by atoms with Crippen LogP contribution < -0.4 is 0 Å². The molecule has 0 saturated heterocycles. The van der Waals surface area contributed by atoms with Crippen LogP contribution in [0.3, 0.4) is 0 Å². The summed E-state index contributed by atoms with van der Waals surface area (Å²) in [7, 11) is 0. The van der Waals surface area contributed by atoms with Gasteiger partial charge in [-0.15, -0.1) is 0 Å². The van der Waals surface area contributed by atoms with Crippen LogP contribution in [0.15, 0.2) is 22.7 Å². The molecule has 0 unspecified atom stereocenters. The maximum atomic E-state index is 10.3. The number of benzene rings is 1. The summed E-state index contributed by atoms with van der Waals surface area (Å²) in [6.45, 7) is 0. The Morgan fingerprint density at radius 1 is 1.56 bits per heavy atom. The summed E-state index contributed by atoms with van der Waals surface area (Å²) in [5.74, 6) is 4.38. The molecular weight excluding hydrogens is 272 g/mol. The van der Waals surface area contributed by atoms with Crippen molar-refractivity contribution in [3.05, 3.63) is 28.4 Å². The van der Waals surface area contributed by atoms with Crippen LogP contribution in [0.2, 0.25) is 0 Å². The molecule has 2 N–H and O–H groups in total. The van der Waals surface area contributed by atoms with Crippen molar-refractivity contribution < 1.29 is 9.90 Å². The second-order valence-corrected chi connectivity index (χ2v) is 4.05. The highest BCUT2D eigenvalue weighted by Crippen LogP contribution is 2.19. The Hall–Kier alpha value is -1.80. The zero-order valence-corrected chi connectivity index (χ0v) is 9.71. The van der Waals surface area contributed by atoms with E-state index in [1.165, 1.54) is 0 Å². The molecule has 16 heavy (non-hydrogen) atoms. The van der Waals surface area contributed by atoms with Crippen molar-refractivity contribution in [2.75, 3.05) is 0 Å². The standard InChI is InChI=1S/C11H7BrN2O2/c12-7-4-5-8-9(2-1-3-11(15)16)13-14-10(8)6-7/h4-6H,3H2,(H,13,14)(H,15,16). The molecule has 0 saturated carbocycles. The second-order valence-electron chi connectivity index (χ2n) is 3.13. The van der Waals surface area contributed by atoms with Crippen LogP contribution in [0.5, 0.6) is 0 Å². The summed E-state index contributed by atoms with van der Waals surface area (Å²) in [6, 6.07) is 5.64. The van der Waals surface area contributed by atoms with Crippen LogP contribution in [0.4, 0.5) is 0 Å². The number of halogens is 1. The maximum Gasteiger partial charge on any atom is 0.315 e. The molecule has 0 amide bonds. The lowest BCUT2D eigenvalue weighted by Gasteiger charge is -1.89. The van der Waals surface area contributed by atoms with Crippen LogP contribution in [0, 0.1) is 11.8 Å². The molecule has 5 heteroatoms. The van der Waals surface area contributed by atoms with Gasteiger partial charge in [0.25, 0.3) is 0 Å². The molecule has 0 atom stereocenters. The first-order chi connectivity index (χ1) is 7.66. The average Bonchev–Trinajstić information content (AvgIpc) is 2.60. The lowest BCUT2D eigenvalue weighted by Crippen LogP contribution is -1.90. The van der Waals surface area contributed by atoms with Gasteiger partial charge in [-0.2, -0.15) is 5.10 Å². The molecule has 4 nitrogen and oxygen atoms in total. The van der Waals surface area contributed by atoms with Crippen LogP contribution in [0.1, 0.15) is 12.1 Å². The number of carbonyl (C=O) groups is 1. The van der Waals surface area contributed by atoms with Crippen molar-refractivity contribution in [3.8, 4) is 11.8 Å². The van der Waals surface area contributed by atoms with E-state index in [0.717, 1.165) is 15.4 Å². The number of aromatic amines is 1. The minimum absolute atomic E-state index is 0.170. The fourth-order valence-electron chi connectivity index (χ4n) is 1.29. The lowest BCUT2D eigenvalue weighted by atomic mass is 10.2. The van der Waals surface area contributed by atoms with E-state index in [0.29, 0.717) is 5.69 Å². The molecule has 1 heterocycles. The summed E-state index contributed by atoms with van der Waals surface area (Å²) >= 11 is 3.35. The van der Waals surface area contributed by atoms with Crippen LogP contribution in [-0.4, -0.2) is 21.3 Å². The van der Waals surface area contributed by atoms with Crippen LogP contribution in [-0.2, 0) is 4.79 Å². The quantitative estimate of drug-likeness (QED) is 0.786. The van der Waals surface area contributed by atoms with Crippen molar-refractivity contribution in [1.82, 2.24) is 10.2 Å². The van der Waals surface area contributed by atoms with Gasteiger partial charge in [-0.3, -0.25) is 9.89 Å². The van der Waals surface area contributed by atoms with Gasteiger partial charge in [0.15, 0.2) is 0 Å². The Labute approximate surface area is 99.8 Å². The largest absolute Gasteiger partial charge is 0.481 e. The van der Waals surface area contributed by atoms with E-state index in [-0.39, 0.29) is 6.42 Å². The molecule has 2 aromatic rings. The first-order valence-electron chi connectivity index (χ1n) is 4.51. The highest BCUT2D eigenvalue weighted by Gasteiger charge is 2.02. The fraction of sp³-hybridized carbons (Fsp3) is 0.0909. The molecule has 80 valence electrons. The predicted octanol–water partition coefficient (Wildman–Crippen LogP) is 2.15. The topological polar surface area (TPSA) is 66.0 Å². The zero-order valence-electron chi connectivity index (χ0n) is 8.12. The van der Waals surface area contributed by atoms with Gasteiger partial charge in [0.1, 0.15) is 12.1 Å². The normalized spacial score (nSPS) is 9.81. The smallest absolute Gasteiger partial charge is 0.315 e. The number of aliphatic carboxylic acids is 1. The van der Waals surface area contributed by atoms with Gasteiger partial charge >= 0.3 is 5.97 Å². The minimum Gasteiger partial charge on any atom is -0.481 e. The van der Waals surface area contributed by atoms with E-state index >= 15 is 0 Å². The third-order valence-corrected chi connectivity index (χ3v) is 2.46. The van der Waals surface area contributed by atoms with Gasteiger partial charge in [-0.25, -0.2) is 0 Å². The molecule has 0 radical (unpaired) electrons. The molecule has 0 aliphatic heterocycles. The number of aromatic nitrogens is 2. The number of carboxylic acid groups (broad SMARTS) is 1. The molecule has 0 aliphatic rings. The lowest BCUT2D eigenvalue weighted by molar-refractivity contribution is -0.135. The van der Waals surface area contributed by atoms with E-state index in [1.54, 1.807) is 0 Å². The number of H-pyrrole nitrogens is 1. The second kappa shape index (κ2) is 4.37. The summed E-state index contributed by atoms with van der Waals surface area (Å²) in [5.41, 5.74) is 1.44. The summed E-state index contributed by atoms with van der Waals surface area (Å²) in [6.07, 6.45) is -0.170. The van der Waals surface area contributed by atoms with Crippen molar-refractivity contribution in [1.29, 1.82) is 0 Å². The van der Waals surface area contributed by atoms with E-state index in [2.05, 4.69) is 38.0 Å². The third kappa shape index (κ3) is 2.23. The fourth-order valence-corrected chi connectivity index (χ4v) is 1.64. The van der Waals surface area contributed by atoms with Gasteiger partial charge in [-0.1, -0.05) is 21.9 Å². The number of hydrogen-bond donors (Lipinski definition) is 2. The number of nitrogens with one attached hydrogen (secondary N) is 1. The molecule has 0 spiro atoms. The maximum absolute atomic E-state index is 10.3. The minimum atomic E-state index is -0.931. The van der Waals surface area contributed by atoms with Gasteiger partial charge in [0.05, 0.1) is 5.52 Å².